The highest BCUT2D eigenvalue weighted by molar-refractivity contribution is 5.95. The number of benzene rings is 1. The zero-order valence-electron chi connectivity index (χ0n) is 7.06. The molecule has 14 heavy (non-hydrogen) atoms. The third kappa shape index (κ3) is 1.74. The second kappa shape index (κ2) is 3.65. The average molecular weight is 196 g/mol. The molecule has 1 aromatic carbocycles. The minimum absolute atomic E-state index is 0.0215. The lowest BCUT2D eigenvalue weighted by Gasteiger charge is -2.06. The summed E-state index contributed by atoms with van der Waals surface area (Å²) in [5.74, 6) is -1.23. The molecule has 0 saturated carbocycles. The number of carboxylic acid groups (broad SMARTS) is 1. The molecule has 0 aromatic heterocycles. The van der Waals surface area contributed by atoms with Gasteiger partial charge < -0.3 is 21.3 Å². The summed E-state index contributed by atoms with van der Waals surface area (Å²) in [5, 5.41) is 8.68. The summed E-state index contributed by atoms with van der Waals surface area (Å²) < 4.78 is 4.46. The fraction of sp³-hybridized carbons (Fsp3) is 0. The van der Waals surface area contributed by atoms with Crippen molar-refractivity contribution in [3.05, 3.63) is 17.7 Å². The number of nitrogen functional groups attached to an aromatic ring is 2. The van der Waals surface area contributed by atoms with Gasteiger partial charge in [-0.2, -0.15) is 0 Å². The number of anilines is 2. The van der Waals surface area contributed by atoms with Crippen LogP contribution in [0.25, 0.3) is 0 Å². The molecule has 74 valence electrons. The maximum Gasteiger partial charge on any atom is 0.337 e. The number of carboxylic acids is 1. The van der Waals surface area contributed by atoms with Crippen LogP contribution in [0.4, 0.5) is 11.4 Å². The highest BCUT2D eigenvalue weighted by Crippen LogP contribution is 2.27. The van der Waals surface area contributed by atoms with E-state index in [-0.39, 0.29) is 29.2 Å². The van der Waals surface area contributed by atoms with Crippen LogP contribution < -0.4 is 16.2 Å². The second-order valence-electron chi connectivity index (χ2n) is 2.50. The van der Waals surface area contributed by atoms with Crippen LogP contribution in [0, 0.1) is 0 Å². The maximum absolute atomic E-state index is 10.6. The minimum Gasteiger partial charge on any atom is -0.478 e. The molecule has 0 atom stereocenters. The van der Waals surface area contributed by atoms with Crippen molar-refractivity contribution >= 4 is 23.8 Å². The van der Waals surface area contributed by atoms with Crippen LogP contribution in [0.5, 0.6) is 5.75 Å². The Balaban J connectivity index is 3.26. The van der Waals surface area contributed by atoms with Gasteiger partial charge in [0.2, 0.25) is 0 Å². The first kappa shape index (κ1) is 9.85. The van der Waals surface area contributed by atoms with Crippen molar-refractivity contribution in [3.8, 4) is 5.75 Å². The Hall–Kier alpha value is -2.24. The third-order valence-electron chi connectivity index (χ3n) is 1.59. The molecule has 0 radical (unpaired) electrons. The van der Waals surface area contributed by atoms with Gasteiger partial charge >= 0.3 is 5.97 Å². The van der Waals surface area contributed by atoms with Crippen molar-refractivity contribution in [1.29, 1.82) is 0 Å². The van der Waals surface area contributed by atoms with Crippen LogP contribution >= 0.6 is 0 Å². The van der Waals surface area contributed by atoms with Crippen molar-refractivity contribution in [2.75, 3.05) is 11.5 Å². The van der Waals surface area contributed by atoms with Gasteiger partial charge in [0, 0.05) is 5.69 Å². The highest BCUT2D eigenvalue weighted by Gasteiger charge is 2.12. The standard InChI is InChI=1S/C8H8N2O4/c9-5-2-6(10)7(14-3-11)1-4(5)8(12)13/h1-3H,9-10H2,(H,12,13). The summed E-state index contributed by atoms with van der Waals surface area (Å²) in [6, 6.07) is 2.32. The van der Waals surface area contributed by atoms with Gasteiger partial charge in [-0.15, -0.1) is 0 Å². The van der Waals surface area contributed by atoms with Crippen LogP contribution in [0.1, 0.15) is 10.4 Å². The van der Waals surface area contributed by atoms with Gasteiger partial charge in [-0.25, -0.2) is 4.79 Å². The maximum atomic E-state index is 10.6. The van der Waals surface area contributed by atoms with Crippen LogP contribution in [-0.2, 0) is 4.79 Å². The summed E-state index contributed by atoms with van der Waals surface area (Å²) in [7, 11) is 0. The molecule has 6 nitrogen and oxygen atoms in total. The molecule has 0 amide bonds. The Kier molecular flexibility index (Phi) is 2.57. The lowest BCUT2D eigenvalue weighted by molar-refractivity contribution is -0.120. The molecule has 6 heteroatoms. The summed E-state index contributed by atoms with van der Waals surface area (Å²) in [6.45, 7) is 0.160. The number of rotatable bonds is 3. The molecule has 1 aromatic rings. The molecule has 5 N–H and O–H groups in total. The highest BCUT2D eigenvalue weighted by atomic mass is 16.5. The van der Waals surface area contributed by atoms with Gasteiger partial charge in [-0.3, -0.25) is 4.79 Å². The van der Waals surface area contributed by atoms with E-state index in [1.165, 1.54) is 6.07 Å². The van der Waals surface area contributed by atoms with E-state index in [2.05, 4.69) is 4.74 Å². The van der Waals surface area contributed by atoms with Gasteiger partial charge in [-0.05, 0) is 12.1 Å². The van der Waals surface area contributed by atoms with Gasteiger partial charge in [0.05, 0.1) is 11.3 Å². The molecule has 1 rings (SSSR count). The van der Waals surface area contributed by atoms with E-state index in [1.54, 1.807) is 0 Å². The number of carbonyl (C=O) groups excluding carboxylic acids is 1. The number of aromatic carboxylic acids is 1. The van der Waals surface area contributed by atoms with E-state index in [1.807, 2.05) is 0 Å². The van der Waals surface area contributed by atoms with Crippen molar-refractivity contribution in [1.82, 2.24) is 0 Å². The Bertz CT molecular complexity index is 389. The summed E-state index contributed by atoms with van der Waals surface area (Å²) in [6.07, 6.45) is 0. The smallest absolute Gasteiger partial charge is 0.337 e. The van der Waals surface area contributed by atoms with E-state index >= 15 is 0 Å². The summed E-state index contributed by atoms with van der Waals surface area (Å²) in [4.78, 5) is 20.7. The van der Waals surface area contributed by atoms with Gasteiger partial charge in [0.25, 0.3) is 6.47 Å². The fourth-order valence-corrected chi connectivity index (χ4v) is 0.953. The summed E-state index contributed by atoms with van der Waals surface area (Å²) >= 11 is 0. The van der Waals surface area contributed by atoms with Crippen LogP contribution in [-0.4, -0.2) is 17.5 Å². The van der Waals surface area contributed by atoms with E-state index in [0.717, 1.165) is 6.07 Å². The molecule has 0 bridgehead atoms. The first-order valence-electron chi connectivity index (χ1n) is 3.59. The molecule has 0 aliphatic carbocycles. The number of nitrogens with two attached hydrogens (primary N) is 2. The first-order valence-corrected chi connectivity index (χ1v) is 3.59. The number of ether oxygens (including phenoxy) is 1. The molecule has 0 spiro atoms. The largest absolute Gasteiger partial charge is 0.478 e. The Morgan fingerprint density at radius 3 is 2.50 bits per heavy atom. The molecular formula is C8H8N2O4. The van der Waals surface area contributed by atoms with Gasteiger partial charge in [0.1, 0.15) is 0 Å². The zero-order chi connectivity index (χ0) is 10.7. The normalized spacial score (nSPS) is 9.43. The van der Waals surface area contributed by atoms with Crippen LogP contribution in [0.3, 0.4) is 0 Å². The molecule has 0 heterocycles. The minimum atomic E-state index is -1.21. The molecule has 0 aliphatic rings. The van der Waals surface area contributed by atoms with Crippen molar-refractivity contribution < 1.29 is 19.4 Å². The predicted octanol–water partition coefficient (Wildman–Crippen LogP) is 0.0844. The third-order valence-corrected chi connectivity index (χ3v) is 1.59. The molecular weight excluding hydrogens is 188 g/mol. The molecule has 0 fully saturated rings. The van der Waals surface area contributed by atoms with Crippen molar-refractivity contribution in [2.24, 2.45) is 0 Å². The van der Waals surface area contributed by atoms with E-state index < -0.39 is 5.97 Å². The topological polar surface area (TPSA) is 116 Å². The second-order valence-corrected chi connectivity index (χ2v) is 2.50. The Morgan fingerprint density at radius 2 is 2.00 bits per heavy atom. The Labute approximate surface area is 79.1 Å². The van der Waals surface area contributed by atoms with Crippen LogP contribution in [0.2, 0.25) is 0 Å². The predicted molar refractivity (Wildman–Crippen MR) is 48.9 cm³/mol. The summed E-state index contributed by atoms with van der Waals surface area (Å²) in [5.41, 5.74) is 10.8. The average Bonchev–Trinajstić information content (AvgIpc) is 2.09. The zero-order valence-corrected chi connectivity index (χ0v) is 7.06. The molecule has 0 aliphatic heterocycles. The van der Waals surface area contributed by atoms with E-state index in [9.17, 15) is 9.59 Å². The monoisotopic (exact) mass is 196 g/mol. The number of hydrogen-bond donors (Lipinski definition) is 3. The first-order chi connectivity index (χ1) is 6.56. The Morgan fingerprint density at radius 1 is 1.36 bits per heavy atom. The molecule has 0 saturated heterocycles. The number of carbonyl (C=O) groups is 2. The lowest BCUT2D eigenvalue weighted by Crippen LogP contribution is -2.05. The van der Waals surface area contributed by atoms with Gasteiger partial charge in [-0.1, -0.05) is 0 Å². The van der Waals surface area contributed by atoms with E-state index in [4.69, 9.17) is 16.6 Å². The number of hydrogen-bond acceptors (Lipinski definition) is 5. The van der Waals surface area contributed by atoms with Crippen molar-refractivity contribution in [2.45, 2.75) is 0 Å². The fourth-order valence-electron chi connectivity index (χ4n) is 0.953. The van der Waals surface area contributed by atoms with Crippen molar-refractivity contribution in [3.63, 3.8) is 0 Å². The SMILES string of the molecule is Nc1cc(N)c(C(=O)O)cc1OC=O. The van der Waals surface area contributed by atoms with E-state index in [0.29, 0.717) is 0 Å². The quantitative estimate of drug-likeness (QED) is 0.465. The lowest BCUT2D eigenvalue weighted by atomic mass is 10.1. The molecule has 0 unspecified atom stereocenters. The van der Waals surface area contributed by atoms with Gasteiger partial charge in [0.15, 0.2) is 5.75 Å². The van der Waals surface area contributed by atoms with Crippen LogP contribution in [0.15, 0.2) is 12.1 Å².